The molecular weight excluding hydrogens is 371 g/mol. The summed E-state index contributed by atoms with van der Waals surface area (Å²) in [5, 5.41) is 7.55. The molecule has 0 aliphatic carbocycles. The first-order chi connectivity index (χ1) is 11.7. The van der Waals surface area contributed by atoms with Crippen molar-refractivity contribution in [1.82, 2.24) is 29.4 Å². The molecule has 0 atom stereocenters. The molecule has 0 aromatic carbocycles. The van der Waals surface area contributed by atoms with E-state index in [0.29, 0.717) is 16.7 Å². The van der Waals surface area contributed by atoms with Crippen LogP contribution < -0.4 is 5.69 Å². The van der Waals surface area contributed by atoms with Gasteiger partial charge in [-0.2, -0.15) is 26.6 Å². The fourth-order valence-corrected chi connectivity index (χ4v) is 2.68. The Balaban J connectivity index is 2.09. The van der Waals surface area contributed by atoms with Crippen LogP contribution in [0.25, 0.3) is 16.3 Å². The van der Waals surface area contributed by atoms with Gasteiger partial charge in [0, 0.05) is 5.38 Å². The lowest BCUT2D eigenvalue weighted by atomic mass is 10.2. The Bertz CT molecular complexity index is 1040. The summed E-state index contributed by atoms with van der Waals surface area (Å²) >= 11 is 0.510. The highest BCUT2D eigenvalue weighted by molar-refractivity contribution is 7.13. The van der Waals surface area contributed by atoms with Crippen LogP contribution in [-0.2, 0) is 12.5 Å². The molecule has 3 rings (SSSR count). The van der Waals surface area contributed by atoms with E-state index in [9.17, 15) is 26.7 Å². The number of aromatic nitrogens is 6. The molecule has 0 amide bonds. The van der Waals surface area contributed by atoms with Gasteiger partial charge in [-0.05, 0) is 0 Å². The zero-order valence-corrected chi connectivity index (χ0v) is 12.6. The van der Waals surface area contributed by atoms with Crippen LogP contribution in [0.5, 0.6) is 0 Å². The molecule has 0 N–H and O–H groups in total. The maximum atomic E-state index is 13.3. The molecule has 7 nitrogen and oxygen atoms in total. The highest BCUT2D eigenvalue weighted by Gasteiger charge is 2.60. The average Bonchev–Trinajstić information content (AvgIpc) is 3.15. The van der Waals surface area contributed by atoms with E-state index in [0.717, 1.165) is 15.4 Å². The van der Waals surface area contributed by atoms with Gasteiger partial charge in [-0.1, -0.05) is 11.1 Å². The molecular formula is C12H5F5N6OS. The molecule has 25 heavy (non-hydrogen) atoms. The first-order valence-corrected chi connectivity index (χ1v) is 7.20. The number of fused-ring (bicyclic) bond motifs is 1. The summed E-state index contributed by atoms with van der Waals surface area (Å²) in [6.07, 6.45) is 0.320. The highest BCUT2D eigenvalue weighted by atomic mass is 32.1. The fraction of sp³-hybridized carbons (Fsp3) is 0.250. The van der Waals surface area contributed by atoms with Crippen molar-refractivity contribution < 1.29 is 22.0 Å². The third kappa shape index (κ3) is 2.64. The van der Waals surface area contributed by atoms with E-state index >= 15 is 0 Å². The van der Waals surface area contributed by atoms with Crippen molar-refractivity contribution in [3.8, 4) is 23.0 Å². The summed E-state index contributed by atoms with van der Waals surface area (Å²) in [5.74, 6) is -2.92. The summed E-state index contributed by atoms with van der Waals surface area (Å²) in [6, 6.07) is 0. The van der Waals surface area contributed by atoms with Crippen molar-refractivity contribution in [2.75, 3.05) is 0 Å². The normalized spacial score (nSPS) is 12.5. The van der Waals surface area contributed by atoms with E-state index in [4.69, 9.17) is 6.42 Å². The summed E-state index contributed by atoms with van der Waals surface area (Å²) in [6.45, 7) is -0.158. The van der Waals surface area contributed by atoms with Gasteiger partial charge in [-0.25, -0.2) is 19.2 Å². The van der Waals surface area contributed by atoms with Gasteiger partial charge >= 0.3 is 17.8 Å². The largest absolute Gasteiger partial charge is 0.459 e. The van der Waals surface area contributed by atoms with Crippen LogP contribution in [0.3, 0.4) is 0 Å². The Morgan fingerprint density at radius 1 is 1.28 bits per heavy atom. The molecule has 0 saturated carbocycles. The number of nitrogens with zero attached hydrogens (tertiary/aromatic N) is 6. The molecule has 0 spiro atoms. The van der Waals surface area contributed by atoms with Gasteiger partial charge in [0.2, 0.25) is 0 Å². The van der Waals surface area contributed by atoms with Gasteiger partial charge in [-0.15, -0.1) is 22.9 Å². The van der Waals surface area contributed by atoms with Gasteiger partial charge < -0.3 is 0 Å². The minimum Gasteiger partial charge on any atom is -0.245 e. The Morgan fingerprint density at radius 3 is 2.64 bits per heavy atom. The van der Waals surface area contributed by atoms with Crippen LogP contribution in [0.4, 0.5) is 22.0 Å². The number of alkyl halides is 5. The molecule has 130 valence electrons. The molecule has 0 radical (unpaired) electrons. The molecule has 0 saturated heterocycles. The number of imidazole rings is 1. The topological polar surface area (TPSA) is 78.0 Å². The molecule has 0 unspecified atom stereocenters. The summed E-state index contributed by atoms with van der Waals surface area (Å²) < 4.78 is 65.7. The standard InChI is InChI=1S/C12H5F5N6OS/c1-2-3-23-10(24)22-5-18-7(8(22)20-21-23)9-19-6(4-25-9)11(13,14)12(15,16)17/h1,4-5H,3H2. The van der Waals surface area contributed by atoms with Gasteiger partial charge in [0.15, 0.2) is 5.65 Å². The molecule has 0 aliphatic rings. The Labute approximate surface area is 138 Å². The SMILES string of the molecule is C#CCn1nnc2c(-c3nc(C(F)(F)C(F)(F)F)cs3)ncn2c1=O. The van der Waals surface area contributed by atoms with Crippen molar-refractivity contribution in [3.63, 3.8) is 0 Å². The lowest BCUT2D eigenvalue weighted by Crippen LogP contribution is -2.33. The van der Waals surface area contributed by atoms with Gasteiger partial charge in [-0.3, -0.25) is 0 Å². The minimum absolute atomic E-state index is 0.144. The molecule has 3 aromatic rings. The quantitative estimate of drug-likeness (QED) is 0.514. The fourth-order valence-electron chi connectivity index (χ4n) is 1.84. The Hall–Kier alpha value is -2.88. The smallest absolute Gasteiger partial charge is 0.245 e. The van der Waals surface area contributed by atoms with Gasteiger partial charge in [0.25, 0.3) is 0 Å². The van der Waals surface area contributed by atoms with Crippen LogP contribution in [0.2, 0.25) is 0 Å². The van der Waals surface area contributed by atoms with Crippen LogP contribution in [0.15, 0.2) is 16.5 Å². The second-order valence-corrected chi connectivity index (χ2v) is 5.49. The molecule has 0 aliphatic heterocycles. The van der Waals surface area contributed by atoms with Crippen LogP contribution in [-0.4, -0.2) is 35.5 Å². The van der Waals surface area contributed by atoms with Crippen molar-refractivity contribution >= 4 is 17.0 Å². The summed E-state index contributed by atoms with van der Waals surface area (Å²) in [7, 11) is 0. The van der Waals surface area contributed by atoms with Gasteiger partial charge in [0.05, 0.1) is 0 Å². The lowest BCUT2D eigenvalue weighted by Gasteiger charge is -2.16. The van der Waals surface area contributed by atoms with E-state index in [1.807, 2.05) is 0 Å². The Morgan fingerprint density at radius 2 is 2.00 bits per heavy atom. The number of thiazole rings is 1. The van der Waals surface area contributed by atoms with Crippen molar-refractivity contribution in [1.29, 1.82) is 0 Å². The highest BCUT2D eigenvalue weighted by Crippen LogP contribution is 2.44. The predicted molar refractivity (Wildman–Crippen MR) is 74.9 cm³/mol. The average molecular weight is 376 g/mol. The molecule has 3 aromatic heterocycles. The summed E-state index contributed by atoms with van der Waals surface area (Å²) in [4.78, 5) is 19.2. The monoisotopic (exact) mass is 376 g/mol. The molecule has 0 bridgehead atoms. The number of hydrogen-bond donors (Lipinski definition) is 0. The predicted octanol–water partition coefficient (Wildman–Crippen LogP) is 1.70. The Kier molecular flexibility index (Phi) is 3.79. The summed E-state index contributed by atoms with van der Waals surface area (Å²) in [5.41, 5.74) is -2.45. The van der Waals surface area contributed by atoms with Crippen molar-refractivity contribution in [3.05, 3.63) is 27.9 Å². The third-order valence-corrected chi connectivity index (χ3v) is 3.89. The van der Waals surface area contributed by atoms with E-state index in [2.05, 4.69) is 26.2 Å². The number of halogens is 5. The minimum atomic E-state index is -5.78. The lowest BCUT2D eigenvalue weighted by molar-refractivity contribution is -0.290. The zero-order valence-electron chi connectivity index (χ0n) is 11.8. The van der Waals surface area contributed by atoms with Crippen molar-refractivity contribution in [2.24, 2.45) is 0 Å². The van der Waals surface area contributed by atoms with Crippen LogP contribution >= 0.6 is 11.3 Å². The molecule has 0 fully saturated rings. The first kappa shape index (κ1) is 17.0. The maximum Gasteiger partial charge on any atom is 0.459 e. The number of hydrogen-bond acceptors (Lipinski definition) is 6. The van der Waals surface area contributed by atoms with E-state index in [1.165, 1.54) is 0 Å². The van der Waals surface area contributed by atoms with Crippen LogP contribution in [0.1, 0.15) is 5.69 Å². The van der Waals surface area contributed by atoms with E-state index in [1.54, 1.807) is 0 Å². The van der Waals surface area contributed by atoms with Gasteiger partial charge in [0.1, 0.15) is 29.3 Å². The van der Waals surface area contributed by atoms with Crippen LogP contribution in [0, 0.1) is 12.3 Å². The van der Waals surface area contributed by atoms with Crippen molar-refractivity contribution in [2.45, 2.75) is 18.6 Å². The molecule has 13 heteroatoms. The number of rotatable bonds is 3. The van der Waals surface area contributed by atoms with E-state index < -0.39 is 23.5 Å². The zero-order chi connectivity index (χ0) is 18.4. The third-order valence-electron chi connectivity index (χ3n) is 3.04. The maximum absolute atomic E-state index is 13.3. The van der Waals surface area contributed by atoms with E-state index in [-0.39, 0.29) is 22.9 Å². The first-order valence-electron chi connectivity index (χ1n) is 6.32. The second kappa shape index (κ2) is 5.59. The molecule has 3 heterocycles. The second-order valence-electron chi connectivity index (χ2n) is 4.63. The number of terminal acetylenes is 1.